The van der Waals surface area contributed by atoms with Crippen molar-refractivity contribution >= 4 is 5.97 Å². The fourth-order valence-electron chi connectivity index (χ4n) is 7.16. The topological polar surface area (TPSA) is 70.3 Å². The molecule has 0 saturated heterocycles. The highest BCUT2D eigenvalue weighted by Crippen LogP contribution is 2.67. The molecule has 4 aliphatic carbocycles. The molecule has 0 unspecified atom stereocenters. The summed E-state index contributed by atoms with van der Waals surface area (Å²) in [5, 5.41) is 20.5. The van der Waals surface area contributed by atoms with Crippen molar-refractivity contribution < 1.29 is 14.6 Å². The maximum absolute atomic E-state index is 11.3. The number of hydrogen-bond donors (Lipinski definition) is 1. The standard InChI is InChI=1S/C22H31NO3/c1-14(24)26-16-6-9-20(2)15(12-16)4-5-17-18(20)7-10-21(3)19(17)8-11-22(21,25)13-23/h4,16-19,25H,5-12H2,1-3H3/t16-,17+,18-,19+,20+,21+,22-/m1/s1. The third kappa shape index (κ3) is 2.32. The Morgan fingerprint density at radius 2 is 1.96 bits per heavy atom. The first-order chi connectivity index (χ1) is 12.2. The van der Waals surface area contributed by atoms with Crippen LogP contribution in [0.15, 0.2) is 11.6 Å². The molecule has 4 nitrogen and oxygen atoms in total. The molecular formula is C22H31NO3. The number of nitrogens with zero attached hydrogens (tertiary/aromatic N) is 1. The van der Waals surface area contributed by atoms with Crippen LogP contribution in [-0.4, -0.2) is 22.8 Å². The fraction of sp³-hybridized carbons (Fsp3) is 0.818. The van der Waals surface area contributed by atoms with Gasteiger partial charge in [-0.15, -0.1) is 0 Å². The molecule has 0 heterocycles. The minimum Gasteiger partial charge on any atom is -0.462 e. The summed E-state index contributed by atoms with van der Waals surface area (Å²) in [6, 6.07) is 2.26. The highest BCUT2D eigenvalue weighted by atomic mass is 16.5. The Bertz CT molecular complexity index is 694. The average molecular weight is 357 g/mol. The SMILES string of the molecule is CC(=O)O[C@@H]1CC[C@@]2(C)C(=CC[C@H]3[C@H]2CC[C@@]2(C)[C@H]3CC[C@@]2(O)C#N)C1. The first-order valence-electron chi connectivity index (χ1n) is 10.2. The van der Waals surface area contributed by atoms with E-state index in [1.807, 2.05) is 0 Å². The summed E-state index contributed by atoms with van der Waals surface area (Å²) in [6.07, 6.45) is 10.0. The second-order valence-corrected chi connectivity index (χ2v) is 9.70. The smallest absolute Gasteiger partial charge is 0.302 e. The zero-order chi connectivity index (χ0) is 18.7. The van der Waals surface area contributed by atoms with E-state index in [-0.39, 0.29) is 22.9 Å². The van der Waals surface area contributed by atoms with Gasteiger partial charge in [-0.25, -0.2) is 0 Å². The number of esters is 1. The van der Waals surface area contributed by atoms with E-state index >= 15 is 0 Å². The van der Waals surface area contributed by atoms with E-state index in [4.69, 9.17) is 4.74 Å². The normalized spacial score (nSPS) is 49.9. The van der Waals surface area contributed by atoms with Crippen LogP contribution < -0.4 is 0 Å². The zero-order valence-electron chi connectivity index (χ0n) is 16.3. The number of rotatable bonds is 1. The molecule has 4 heteroatoms. The molecule has 7 atom stereocenters. The largest absolute Gasteiger partial charge is 0.462 e. The maximum Gasteiger partial charge on any atom is 0.302 e. The van der Waals surface area contributed by atoms with Crippen LogP contribution in [0.3, 0.4) is 0 Å². The van der Waals surface area contributed by atoms with Crippen molar-refractivity contribution in [1.82, 2.24) is 0 Å². The van der Waals surface area contributed by atoms with Gasteiger partial charge in [0.1, 0.15) is 6.10 Å². The lowest BCUT2D eigenvalue weighted by molar-refractivity contribution is -0.149. The molecular weight excluding hydrogens is 326 g/mol. The molecule has 3 saturated carbocycles. The molecule has 0 bridgehead atoms. The molecule has 0 aromatic carbocycles. The van der Waals surface area contributed by atoms with Gasteiger partial charge in [-0.3, -0.25) is 4.79 Å². The highest BCUT2D eigenvalue weighted by molar-refractivity contribution is 5.66. The maximum atomic E-state index is 11.3. The van der Waals surface area contributed by atoms with Crippen molar-refractivity contribution in [3.63, 3.8) is 0 Å². The van der Waals surface area contributed by atoms with Crippen molar-refractivity contribution in [2.75, 3.05) is 0 Å². The summed E-state index contributed by atoms with van der Waals surface area (Å²) >= 11 is 0. The Morgan fingerprint density at radius 1 is 1.23 bits per heavy atom. The second-order valence-electron chi connectivity index (χ2n) is 9.70. The molecule has 0 aromatic rings. The molecule has 0 aliphatic heterocycles. The third-order valence-electron chi connectivity index (χ3n) is 8.73. The predicted molar refractivity (Wildman–Crippen MR) is 97.8 cm³/mol. The van der Waals surface area contributed by atoms with Gasteiger partial charge in [0, 0.05) is 18.8 Å². The van der Waals surface area contributed by atoms with Crippen molar-refractivity contribution in [3.05, 3.63) is 11.6 Å². The van der Waals surface area contributed by atoms with E-state index in [0.29, 0.717) is 24.2 Å². The summed E-state index contributed by atoms with van der Waals surface area (Å²) in [4.78, 5) is 11.3. The number of aliphatic hydroxyl groups is 1. The average Bonchev–Trinajstić information content (AvgIpc) is 2.87. The van der Waals surface area contributed by atoms with Crippen molar-refractivity contribution in [2.45, 2.75) is 83.8 Å². The van der Waals surface area contributed by atoms with Gasteiger partial charge < -0.3 is 9.84 Å². The van der Waals surface area contributed by atoms with Crippen molar-refractivity contribution in [2.24, 2.45) is 28.6 Å². The zero-order valence-corrected chi connectivity index (χ0v) is 16.3. The van der Waals surface area contributed by atoms with Crippen LogP contribution in [0, 0.1) is 39.9 Å². The molecule has 4 rings (SSSR count). The summed E-state index contributed by atoms with van der Waals surface area (Å²) in [5.41, 5.74) is 0.252. The third-order valence-corrected chi connectivity index (χ3v) is 8.73. The lowest BCUT2D eigenvalue weighted by atomic mass is 9.47. The fourth-order valence-corrected chi connectivity index (χ4v) is 7.16. The first-order valence-corrected chi connectivity index (χ1v) is 10.2. The van der Waals surface area contributed by atoms with Crippen LogP contribution >= 0.6 is 0 Å². The number of nitriles is 1. The number of carbonyl (C=O) groups excluding carboxylic acids is 1. The Balaban J connectivity index is 1.61. The molecule has 3 fully saturated rings. The van der Waals surface area contributed by atoms with E-state index in [1.165, 1.54) is 12.5 Å². The monoisotopic (exact) mass is 357 g/mol. The van der Waals surface area contributed by atoms with Crippen molar-refractivity contribution in [3.8, 4) is 6.07 Å². The summed E-state index contributed by atoms with van der Waals surface area (Å²) in [7, 11) is 0. The van der Waals surface area contributed by atoms with Gasteiger partial charge in [-0.2, -0.15) is 5.26 Å². The van der Waals surface area contributed by atoms with Crippen LogP contribution in [-0.2, 0) is 9.53 Å². The minimum atomic E-state index is -1.15. The van der Waals surface area contributed by atoms with E-state index in [9.17, 15) is 15.2 Å². The number of fused-ring (bicyclic) bond motifs is 5. The van der Waals surface area contributed by atoms with Crippen LogP contribution in [0.4, 0.5) is 0 Å². The number of allylic oxidation sites excluding steroid dienone is 1. The quantitative estimate of drug-likeness (QED) is 0.435. The van der Waals surface area contributed by atoms with Crippen LogP contribution in [0.25, 0.3) is 0 Å². The summed E-state index contributed by atoms with van der Waals surface area (Å²) in [6.45, 7) is 6.06. The second kappa shape index (κ2) is 5.83. The minimum absolute atomic E-state index is 0.0346. The summed E-state index contributed by atoms with van der Waals surface area (Å²) < 4.78 is 5.50. The van der Waals surface area contributed by atoms with Gasteiger partial charge in [-0.1, -0.05) is 25.5 Å². The lowest BCUT2D eigenvalue weighted by Crippen LogP contribution is -2.54. The molecule has 0 amide bonds. The van der Waals surface area contributed by atoms with Crippen LogP contribution in [0.1, 0.15) is 72.1 Å². The molecule has 26 heavy (non-hydrogen) atoms. The Morgan fingerprint density at radius 3 is 2.65 bits per heavy atom. The summed E-state index contributed by atoms with van der Waals surface area (Å²) in [5.74, 6) is 1.45. The molecule has 0 spiro atoms. The van der Waals surface area contributed by atoms with Gasteiger partial charge in [0.15, 0.2) is 5.60 Å². The van der Waals surface area contributed by atoms with Crippen LogP contribution in [0.5, 0.6) is 0 Å². The highest BCUT2D eigenvalue weighted by Gasteiger charge is 2.64. The van der Waals surface area contributed by atoms with Gasteiger partial charge in [0.2, 0.25) is 0 Å². The van der Waals surface area contributed by atoms with E-state index in [0.717, 1.165) is 44.9 Å². The Hall–Kier alpha value is -1.34. The predicted octanol–water partition coefficient (Wildman–Crippen LogP) is 4.14. The van der Waals surface area contributed by atoms with Gasteiger partial charge in [-0.05, 0) is 68.1 Å². The van der Waals surface area contributed by atoms with Crippen LogP contribution in [0.2, 0.25) is 0 Å². The Labute approximate surface area is 156 Å². The molecule has 4 aliphatic rings. The number of carbonyl (C=O) groups is 1. The van der Waals surface area contributed by atoms with Gasteiger partial charge >= 0.3 is 5.97 Å². The van der Waals surface area contributed by atoms with Crippen molar-refractivity contribution in [1.29, 1.82) is 5.26 Å². The van der Waals surface area contributed by atoms with E-state index < -0.39 is 5.60 Å². The van der Waals surface area contributed by atoms with Gasteiger partial charge in [0.05, 0.1) is 6.07 Å². The molecule has 0 aromatic heterocycles. The number of ether oxygens (including phenoxy) is 1. The molecule has 142 valence electrons. The lowest BCUT2D eigenvalue weighted by Gasteiger charge is -2.58. The van der Waals surface area contributed by atoms with E-state index in [2.05, 4.69) is 26.0 Å². The first kappa shape index (κ1) is 18.0. The van der Waals surface area contributed by atoms with E-state index in [1.54, 1.807) is 0 Å². The number of hydrogen-bond acceptors (Lipinski definition) is 4. The Kier molecular flexibility index (Phi) is 4.04. The molecule has 1 N–H and O–H groups in total. The van der Waals surface area contributed by atoms with Gasteiger partial charge in [0.25, 0.3) is 0 Å². The molecule has 0 radical (unpaired) electrons.